The summed E-state index contributed by atoms with van der Waals surface area (Å²) >= 11 is 0. The Balaban J connectivity index is 1.77. The van der Waals surface area contributed by atoms with Gasteiger partial charge in [0.15, 0.2) is 0 Å². The van der Waals surface area contributed by atoms with E-state index in [0.29, 0.717) is 12.3 Å². The first-order valence-corrected chi connectivity index (χ1v) is 9.64. The minimum absolute atomic E-state index is 0.108. The van der Waals surface area contributed by atoms with Crippen molar-refractivity contribution in [3.05, 3.63) is 60.2 Å². The van der Waals surface area contributed by atoms with Crippen molar-refractivity contribution in [1.29, 1.82) is 0 Å². The van der Waals surface area contributed by atoms with Crippen LogP contribution in [0.3, 0.4) is 0 Å². The average molecular weight is 385 g/mol. The zero-order valence-electron chi connectivity index (χ0n) is 13.7. The monoisotopic (exact) mass is 385 g/mol. The van der Waals surface area contributed by atoms with Gasteiger partial charge in [-0.05, 0) is 42.2 Å². The molecule has 0 saturated heterocycles. The summed E-state index contributed by atoms with van der Waals surface area (Å²) in [5.41, 5.74) is 0.861. The molecule has 0 aromatic heterocycles. The number of nitrogens with one attached hydrogen (secondary N) is 1. The Hall–Kier alpha value is -2.06. The molecule has 1 aliphatic carbocycles. The largest absolute Gasteiger partial charge is 0.573 e. The summed E-state index contributed by atoms with van der Waals surface area (Å²) in [6, 6.07) is 13.0. The molecule has 0 aliphatic heterocycles. The van der Waals surface area contributed by atoms with Crippen molar-refractivity contribution in [1.82, 2.24) is 4.72 Å². The van der Waals surface area contributed by atoms with E-state index in [0.717, 1.165) is 42.7 Å². The lowest BCUT2D eigenvalue weighted by atomic mass is 10.0. The molecule has 1 saturated carbocycles. The number of ether oxygens (including phenoxy) is 1. The summed E-state index contributed by atoms with van der Waals surface area (Å²) in [6.45, 7) is 0. The maximum Gasteiger partial charge on any atom is 0.573 e. The Morgan fingerprint density at radius 1 is 1.04 bits per heavy atom. The summed E-state index contributed by atoms with van der Waals surface area (Å²) in [7, 11) is -3.87. The fraction of sp³-hybridized carbons (Fsp3) is 0.333. The minimum atomic E-state index is -4.82. The molecule has 2 aromatic rings. The highest BCUT2D eigenvalue weighted by atomic mass is 32.2. The lowest BCUT2D eigenvalue weighted by molar-refractivity contribution is -0.274. The van der Waals surface area contributed by atoms with Crippen LogP contribution in [0.2, 0.25) is 0 Å². The maximum atomic E-state index is 12.6. The number of sulfonamides is 1. The van der Waals surface area contributed by atoms with Crippen LogP contribution in [-0.2, 0) is 10.0 Å². The number of hydrogen-bond donors (Lipinski definition) is 1. The molecule has 0 heterocycles. The van der Waals surface area contributed by atoms with Crippen LogP contribution in [0.15, 0.2) is 59.5 Å². The molecule has 8 heteroatoms. The number of hydrogen-bond acceptors (Lipinski definition) is 3. The Kier molecular flexibility index (Phi) is 5.24. The van der Waals surface area contributed by atoms with Crippen LogP contribution in [0.4, 0.5) is 13.2 Å². The fourth-order valence-corrected chi connectivity index (χ4v) is 3.94. The van der Waals surface area contributed by atoms with Gasteiger partial charge < -0.3 is 4.74 Å². The van der Waals surface area contributed by atoms with Gasteiger partial charge in [0.25, 0.3) is 0 Å². The highest BCUT2D eigenvalue weighted by Crippen LogP contribution is 2.38. The fourth-order valence-electron chi connectivity index (χ4n) is 2.70. The molecular weight excluding hydrogens is 367 g/mol. The van der Waals surface area contributed by atoms with E-state index in [-0.39, 0.29) is 10.9 Å². The quantitative estimate of drug-likeness (QED) is 0.768. The zero-order chi connectivity index (χ0) is 18.8. The molecule has 0 radical (unpaired) electrons. The van der Waals surface area contributed by atoms with Gasteiger partial charge in [-0.15, -0.1) is 13.2 Å². The Morgan fingerprint density at radius 2 is 1.65 bits per heavy atom. The molecule has 2 aromatic carbocycles. The van der Waals surface area contributed by atoms with Gasteiger partial charge >= 0.3 is 6.36 Å². The molecule has 140 valence electrons. The second kappa shape index (κ2) is 7.28. The smallest absolute Gasteiger partial charge is 0.406 e. The molecule has 1 unspecified atom stereocenters. The van der Waals surface area contributed by atoms with Gasteiger partial charge in [-0.1, -0.05) is 43.2 Å². The van der Waals surface area contributed by atoms with Gasteiger partial charge in [0.05, 0.1) is 4.90 Å². The molecule has 1 aliphatic rings. The van der Waals surface area contributed by atoms with Crippen molar-refractivity contribution >= 4 is 10.0 Å². The molecule has 3 rings (SSSR count). The second-order valence-corrected chi connectivity index (χ2v) is 8.00. The van der Waals surface area contributed by atoms with Gasteiger partial charge in [-0.25, -0.2) is 13.1 Å². The van der Waals surface area contributed by atoms with E-state index < -0.39 is 22.1 Å². The molecular formula is C18H18F3NO3S. The molecule has 26 heavy (non-hydrogen) atoms. The summed E-state index contributed by atoms with van der Waals surface area (Å²) in [4.78, 5) is -0.108. The van der Waals surface area contributed by atoms with Gasteiger partial charge in [-0.3, -0.25) is 0 Å². The standard InChI is InChI=1S/C18H18F3NO3S/c19-18(20,21)25-15-8-10-16(11-9-15)26(23,24)22-17(12-13-6-7-13)14-4-2-1-3-5-14/h1-5,8-11,13,17,22H,6-7,12H2. The van der Waals surface area contributed by atoms with Crippen LogP contribution in [0.25, 0.3) is 0 Å². The predicted octanol–water partition coefficient (Wildman–Crippen LogP) is 4.40. The maximum absolute atomic E-state index is 12.6. The summed E-state index contributed by atoms with van der Waals surface area (Å²) in [6.07, 6.45) is -1.97. The topological polar surface area (TPSA) is 55.4 Å². The average Bonchev–Trinajstić information content (AvgIpc) is 3.38. The number of benzene rings is 2. The van der Waals surface area contributed by atoms with Crippen LogP contribution >= 0.6 is 0 Å². The SMILES string of the molecule is O=S(=O)(NC(CC1CC1)c1ccccc1)c1ccc(OC(F)(F)F)cc1. The summed E-state index contributed by atoms with van der Waals surface area (Å²) in [5, 5.41) is 0. The van der Waals surface area contributed by atoms with Gasteiger partial charge in [0, 0.05) is 6.04 Å². The molecule has 4 nitrogen and oxygen atoms in total. The van der Waals surface area contributed by atoms with Crippen LogP contribution in [0.1, 0.15) is 30.9 Å². The van der Waals surface area contributed by atoms with Crippen LogP contribution in [0, 0.1) is 5.92 Å². The highest BCUT2D eigenvalue weighted by Gasteiger charge is 2.32. The van der Waals surface area contributed by atoms with E-state index in [1.165, 1.54) is 0 Å². The first-order valence-electron chi connectivity index (χ1n) is 8.16. The Labute approximate surface area is 150 Å². The normalized spacial score (nSPS) is 16.3. The van der Waals surface area contributed by atoms with Gasteiger partial charge in [0.1, 0.15) is 5.75 Å². The molecule has 1 N–H and O–H groups in total. The third kappa shape index (κ3) is 5.22. The third-order valence-electron chi connectivity index (χ3n) is 4.13. The van der Waals surface area contributed by atoms with Gasteiger partial charge in [-0.2, -0.15) is 0 Å². The predicted molar refractivity (Wildman–Crippen MR) is 90.0 cm³/mol. The lowest BCUT2D eigenvalue weighted by Crippen LogP contribution is -2.29. The van der Waals surface area contributed by atoms with E-state index in [1.807, 2.05) is 30.3 Å². The minimum Gasteiger partial charge on any atom is -0.406 e. The van der Waals surface area contributed by atoms with Crippen LogP contribution < -0.4 is 9.46 Å². The third-order valence-corrected chi connectivity index (χ3v) is 5.62. The van der Waals surface area contributed by atoms with E-state index in [2.05, 4.69) is 9.46 Å². The van der Waals surface area contributed by atoms with Gasteiger partial charge in [0.2, 0.25) is 10.0 Å². The van der Waals surface area contributed by atoms with Crippen molar-refractivity contribution < 1.29 is 26.3 Å². The number of rotatable bonds is 7. The molecule has 0 amide bonds. The van der Waals surface area contributed by atoms with Crippen molar-refractivity contribution in [3.63, 3.8) is 0 Å². The number of alkyl halides is 3. The van der Waals surface area contributed by atoms with Crippen molar-refractivity contribution in [2.45, 2.75) is 36.6 Å². The molecule has 0 spiro atoms. The Bertz CT molecular complexity index is 832. The van der Waals surface area contributed by atoms with E-state index in [1.54, 1.807) is 0 Å². The van der Waals surface area contributed by atoms with Crippen molar-refractivity contribution in [2.24, 2.45) is 5.92 Å². The number of halogens is 3. The second-order valence-electron chi connectivity index (χ2n) is 6.28. The van der Waals surface area contributed by atoms with E-state index in [4.69, 9.17) is 0 Å². The van der Waals surface area contributed by atoms with E-state index >= 15 is 0 Å². The molecule has 1 fully saturated rings. The molecule has 0 bridgehead atoms. The summed E-state index contributed by atoms with van der Waals surface area (Å²) in [5.74, 6) is 0.0273. The molecule has 1 atom stereocenters. The summed E-state index contributed by atoms with van der Waals surface area (Å²) < 4.78 is 68.4. The van der Waals surface area contributed by atoms with E-state index in [9.17, 15) is 21.6 Å². The lowest BCUT2D eigenvalue weighted by Gasteiger charge is -2.19. The van der Waals surface area contributed by atoms with Crippen LogP contribution in [0.5, 0.6) is 5.75 Å². The first-order chi connectivity index (χ1) is 12.2. The Morgan fingerprint density at radius 3 is 2.19 bits per heavy atom. The van der Waals surface area contributed by atoms with Crippen molar-refractivity contribution in [3.8, 4) is 5.75 Å². The highest BCUT2D eigenvalue weighted by molar-refractivity contribution is 7.89. The van der Waals surface area contributed by atoms with Crippen molar-refractivity contribution in [2.75, 3.05) is 0 Å². The first kappa shape index (κ1) is 18.7. The van der Waals surface area contributed by atoms with Crippen LogP contribution in [-0.4, -0.2) is 14.8 Å². The zero-order valence-corrected chi connectivity index (χ0v) is 14.6.